The van der Waals surface area contributed by atoms with Crippen LogP contribution in [0, 0.1) is 5.82 Å². The van der Waals surface area contributed by atoms with Crippen LogP contribution in [0.2, 0.25) is 5.02 Å². The molecular weight excluding hydrogens is 302 g/mol. The lowest BCUT2D eigenvalue weighted by atomic mass is 9.98. The van der Waals surface area contributed by atoms with E-state index in [4.69, 9.17) is 17.3 Å². The van der Waals surface area contributed by atoms with Crippen LogP contribution >= 0.6 is 22.9 Å². The van der Waals surface area contributed by atoms with Gasteiger partial charge in [0.15, 0.2) is 0 Å². The van der Waals surface area contributed by atoms with Crippen LogP contribution in [0.3, 0.4) is 0 Å². The number of rotatable bonds is 2. The monoisotopic (exact) mass is 309 g/mol. The van der Waals surface area contributed by atoms with Gasteiger partial charge in [0, 0.05) is 10.4 Å². The fourth-order valence-corrected chi connectivity index (χ4v) is 2.63. The number of benzene rings is 1. The van der Waals surface area contributed by atoms with Crippen molar-refractivity contribution in [1.29, 1.82) is 0 Å². The molecule has 0 fully saturated rings. The van der Waals surface area contributed by atoms with Gasteiger partial charge in [0.05, 0.1) is 16.6 Å². The van der Waals surface area contributed by atoms with Gasteiger partial charge in [0.1, 0.15) is 5.82 Å². The van der Waals surface area contributed by atoms with Crippen molar-refractivity contribution in [3.8, 4) is 0 Å². The van der Waals surface area contributed by atoms with E-state index in [0.717, 1.165) is 23.5 Å². The molecule has 0 aliphatic heterocycles. The van der Waals surface area contributed by atoms with Crippen LogP contribution in [0.5, 0.6) is 0 Å². The van der Waals surface area contributed by atoms with E-state index in [-0.39, 0.29) is 5.02 Å². The zero-order valence-corrected chi connectivity index (χ0v) is 10.9. The Kier molecular flexibility index (Phi) is 3.85. The van der Waals surface area contributed by atoms with E-state index in [1.807, 2.05) is 0 Å². The molecule has 0 spiro atoms. The Morgan fingerprint density at radius 1 is 1.21 bits per heavy atom. The van der Waals surface area contributed by atoms with Crippen molar-refractivity contribution in [2.45, 2.75) is 12.2 Å². The molecule has 1 nitrogen and oxygen atoms in total. The van der Waals surface area contributed by atoms with Crippen molar-refractivity contribution in [2.24, 2.45) is 5.73 Å². The molecule has 1 aromatic heterocycles. The van der Waals surface area contributed by atoms with Crippen LogP contribution in [-0.2, 0) is 6.18 Å². The lowest BCUT2D eigenvalue weighted by Gasteiger charge is -2.18. The van der Waals surface area contributed by atoms with Gasteiger partial charge in [-0.05, 0) is 23.6 Å². The SMILES string of the molecule is N[C@H](c1cccs1)c1c(C(F)(F)F)ccc(Cl)c1F. The average molecular weight is 310 g/mol. The summed E-state index contributed by atoms with van der Waals surface area (Å²) >= 11 is 6.70. The van der Waals surface area contributed by atoms with E-state index in [0.29, 0.717) is 4.88 Å². The summed E-state index contributed by atoms with van der Waals surface area (Å²) in [7, 11) is 0. The lowest BCUT2D eigenvalue weighted by molar-refractivity contribution is -0.138. The Morgan fingerprint density at radius 3 is 2.42 bits per heavy atom. The first kappa shape index (κ1) is 14.3. The van der Waals surface area contributed by atoms with E-state index in [9.17, 15) is 17.6 Å². The first-order valence-corrected chi connectivity index (χ1v) is 6.42. The van der Waals surface area contributed by atoms with Gasteiger partial charge >= 0.3 is 6.18 Å². The zero-order valence-electron chi connectivity index (χ0n) is 9.34. The Balaban J connectivity index is 2.63. The molecule has 2 N–H and O–H groups in total. The molecule has 2 aromatic rings. The second-order valence-corrected chi connectivity index (χ2v) is 5.20. The maximum Gasteiger partial charge on any atom is 0.416 e. The predicted molar refractivity (Wildman–Crippen MR) is 66.8 cm³/mol. The maximum absolute atomic E-state index is 13.9. The fourth-order valence-electron chi connectivity index (χ4n) is 1.73. The molecule has 0 saturated carbocycles. The second kappa shape index (κ2) is 5.11. The minimum atomic E-state index is -4.68. The molecule has 0 bridgehead atoms. The van der Waals surface area contributed by atoms with Crippen LogP contribution in [0.4, 0.5) is 17.6 Å². The third kappa shape index (κ3) is 2.75. The van der Waals surface area contributed by atoms with Crippen molar-refractivity contribution >= 4 is 22.9 Å². The van der Waals surface area contributed by atoms with Crippen LogP contribution in [-0.4, -0.2) is 0 Å². The number of alkyl halides is 3. The highest BCUT2D eigenvalue weighted by Crippen LogP contribution is 2.39. The van der Waals surface area contributed by atoms with Crippen LogP contribution < -0.4 is 5.73 Å². The summed E-state index contributed by atoms with van der Waals surface area (Å²) in [4.78, 5) is 0.437. The molecule has 1 atom stereocenters. The van der Waals surface area contributed by atoms with E-state index in [1.165, 1.54) is 0 Å². The summed E-state index contributed by atoms with van der Waals surface area (Å²) in [5.41, 5.74) is 4.02. The molecule has 102 valence electrons. The van der Waals surface area contributed by atoms with Gasteiger partial charge in [-0.15, -0.1) is 11.3 Å². The largest absolute Gasteiger partial charge is 0.416 e. The average Bonchev–Trinajstić information content (AvgIpc) is 2.83. The van der Waals surface area contributed by atoms with Gasteiger partial charge in [-0.25, -0.2) is 4.39 Å². The molecule has 7 heteroatoms. The van der Waals surface area contributed by atoms with Crippen molar-refractivity contribution < 1.29 is 17.6 Å². The topological polar surface area (TPSA) is 26.0 Å². The molecule has 1 aromatic carbocycles. The summed E-state index contributed by atoms with van der Waals surface area (Å²) in [6.07, 6.45) is -4.68. The van der Waals surface area contributed by atoms with Crippen molar-refractivity contribution in [3.05, 3.63) is 56.5 Å². The van der Waals surface area contributed by atoms with Gasteiger partial charge in [0.25, 0.3) is 0 Å². The van der Waals surface area contributed by atoms with Crippen molar-refractivity contribution in [1.82, 2.24) is 0 Å². The Labute approximate surface area is 115 Å². The van der Waals surface area contributed by atoms with E-state index < -0.39 is 29.2 Å². The summed E-state index contributed by atoms with van der Waals surface area (Å²) in [6.45, 7) is 0. The molecule has 0 saturated heterocycles. The second-order valence-electron chi connectivity index (χ2n) is 3.81. The van der Waals surface area contributed by atoms with E-state index in [2.05, 4.69) is 0 Å². The molecule has 0 aliphatic rings. The summed E-state index contributed by atoms with van der Waals surface area (Å²) in [5.74, 6) is -1.13. The molecule has 19 heavy (non-hydrogen) atoms. The summed E-state index contributed by atoms with van der Waals surface area (Å²) in [6, 6.07) is 3.61. The van der Waals surface area contributed by atoms with Crippen molar-refractivity contribution in [3.63, 3.8) is 0 Å². The maximum atomic E-state index is 13.9. The number of halogens is 5. The number of hydrogen-bond donors (Lipinski definition) is 1. The van der Waals surface area contributed by atoms with Crippen LogP contribution in [0.15, 0.2) is 29.6 Å². The quantitative estimate of drug-likeness (QED) is 0.806. The fraction of sp³-hybridized carbons (Fsp3) is 0.167. The smallest absolute Gasteiger partial charge is 0.320 e. The normalized spacial score (nSPS) is 13.6. The van der Waals surface area contributed by atoms with Gasteiger partial charge in [-0.1, -0.05) is 17.7 Å². The summed E-state index contributed by atoms with van der Waals surface area (Å²) in [5, 5.41) is 1.28. The number of nitrogens with two attached hydrogens (primary N) is 1. The van der Waals surface area contributed by atoms with Gasteiger partial charge < -0.3 is 5.73 Å². The standard InChI is InChI=1S/C12H8ClF4NS/c13-7-4-3-6(12(15,16)17)9(10(7)14)11(18)8-2-1-5-19-8/h1-5,11H,18H2/t11-/m1/s1. The molecule has 0 radical (unpaired) electrons. The zero-order chi connectivity index (χ0) is 14.2. The first-order valence-electron chi connectivity index (χ1n) is 5.16. The molecule has 1 heterocycles. The lowest BCUT2D eigenvalue weighted by Crippen LogP contribution is -2.19. The molecule has 0 unspecified atom stereocenters. The predicted octanol–water partition coefficient (Wildman–Crippen LogP) is 4.61. The number of thiophene rings is 1. The third-order valence-corrected chi connectivity index (χ3v) is 3.85. The van der Waals surface area contributed by atoms with Crippen LogP contribution in [0.25, 0.3) is 0 Å². The Morgan fingerprint density at radius 2 is 1.89 bits per heavy atom. The molecule has 0 amide bonds. The highest BCUT2D eigenvalue weighted by Gasteiger charge is 2.37. The van der Waals surface area contributed by atoms with Gasteiger partial charge in [-0.2, -0.15) is 13.2 Å². The van der Waals surface area contributed by atoms with Crippen molar-refractivity contribution in [2.75, 3.05) is 0 Å². The molecule has 0 aliphatic carbocycles. The highest BCUT2D eigenvalue weighted by molar-refractivity contribution is 7.10. The minimum Gasteiger partial charge on any atom is -0.320 e. The minimum absolute atomic E-state index is 0.380. The molecule has 2 rings (SSSR count). The van der Waals surface area contributed by atoms with E-state index >= 15 is 0 Å². The Bertz CT molecular complexity index is 580. The highest BCUT2D eigenvalue weighted by atomic mass is 35.5. The first-order chi connectivity index (χ1) is 8.82. The van der Waals surface area contributed by atoms with Gasteiger partial charge in [-0.3, -0.25) is 0 Å². The van der Waals surface area contributed by atoms with Gasteiger partial charge in [0.2, 0.25) is 0 Å². The summed E-state index contributed by atoms with van der Waals surface area (Å²) < 4.78 is 52.6. The third-order valence-electron chi connectivity index (χ3n) is 2.60. The Hall–Kier alpha value is -1.11. The number of hydrogen-bond acceptors (Lipinski definition) is 2. The van der Waals surface area contributed by atoms with E-state index in [1.54, 1.807) is 17.5 Å². The van der Waals surface area contributed by atoms with Crippen LogP contribution in [0.1, 0.15) is 22.0 Å². The molecular formula is C12H8ClF4NS.